The highest BCUT2D eigenvalue weighted by molar-refractivity contribution is 7.89. The molecule has 1 unspecified atom stereocenters. The number of nitrogens with one attached hydrogen (secondary N) is 2. The minimum absolute atomic E-state index is 0.0831. The summed E-state index contributed by atoms with van der Waals surface area (Å²) in [5.41, 5.74) is 0.622. The van der Waals surface area contributed by atoms with Crippen LogP contribution in [0.25, 0.3) is 0 Å². The minimum Gasteiger partial charge on any atom is -0.463 e. The van der Waals surface area contributed by atoms with Gasteiger partial charge >= 0.3 is 5.97 Å². The molecule has 0 saturated carbocycles. The largest absolute Gasteiger partial charge is 0.463 e. The van der Waals surface area contributed by atoms with Crippen molar-refractivity contribution in [3.05, 3.63) is 45.6 Å². The van der Waals surface area contributed by atoms with Gasteiger partial charge in [0.25, 0.3) is 5.91 Å². The summed E-state index contributed by atoms with van der Waals surface area (Å²) in [6.07, 6.45) is 1.56. The number of hydrogen-bond acceptors (Lipinski definition) is 9. The zero-order valence-electron chi connectivity index (χ0n) is 18.8. The monoisotopic (exact) mass is 563 g/mol. The molecular weight excluding hydrogens is 538 g/mol. The molecule has 1 aliphatic rings. The first-order chi connectivity index (χ1) is 16.5. The van der Waals surface area contributed by atoms with E-state index in [1.54, 1.807) is 18.2 Å². The summed E-state index contributed by atoms with van der Waals surface area (Å²) in [5.74, 6) is -1.35. The molecule has 3 rings (SSSR count). The van der Waals surface area contributed by atoms with Gasteiger partial charge < -0.3 is 20.1 Å². The lowest BCUT2D eigenvalue weighted by Crippen LogP contribution is -2.49. The number of thiophene rings is 1. The molecule has 0 radical (unpaired) electrons. The van der Waals surface area contributed by atoms with Gasteiger partial charge in [-0.2, -0.15) is 4.72 Å². The van der Waals surface area contributed by atoms with Crippen LogP contribution in [-0.2, 0) is 30.4 Å². The number of rotatable bonds is 11. The Balaban J connectivity index is 1.75. The number of ether oxygens (including phenoxy) is 1. The van der Waals surface area contributed by atoms with Crippen molar-refractivity contribution >= 4 is 61.3 Å². The van der Waals surface area contributed by atoms with Crippen LogP contribution in [0.1, 0.15) is 16.1 Å². The van der Waals surface area contributed by atoms with Crippen molar-refractivity contribution in [3.8, 4) is 0 Å². The quantitative estimate of drug-likeness (QED) is 0.343. The maximum Gasteiger partial charge on any atom is 0.326 e. The zero-order chi connectivity index (χ0) is 25.6. The number of carbonyl (C=O) groups is 2. The first-order valence-electron chi connectivity index (χ1n) is 10.6. The second kappa shape index (κ2) is 12.3. The van der Waals surface area contributed by atoms with E-state index < -0.39 is 44.8 Å². The second-order valence-electron chi connectivity index (χ2n) is 7.82. The lowest BCUT2D eigenvalue weighted by atomic mass is 10.3. The number of β-amino-alcohol motifs (C(OH)–C–C–N with tert-alkyl or cyclic N) is 1. The van der Waals surface area contributed by atoms with Crippen molar-refractivity contribution in [2.24, 2.45) is 0 Å². The third kappa shape index (κ3) is 7.98. The highest BCUT2D eigenvalue weighted by Crippen LogP contribution is 2.24. The Labute approximate surface area is 215 Å². The molecule has 1 amide bonds. The second-order valence-corrected chi connectivity index (χ2v) is 12.8. The van der Waals surface area contributed by atoms with E-state index in [-0.39, 0.29) is 23.8 Å². The number of anilines is 1. The van der Waals surface area contributed by atoms with Crippen LogP contribution in [0.2, 0.25) is 4.34 Å². The fourth-order valence-electron chi connectivity index (χ4n) is 3.33. The van der Waals surface area contributed by atoms with Gasteiger partial charge in [-0.1, -0.05) is 17.7 Å². The molecular formula is C21H26ClN3O7S3. The van der Waals surface area contributed by atoms with Gasteiger partial charge in [-0.25, -0.2) is 8.42 Å². The predicted molar refractivity (Wildman–Crippen MR) is 135 cm³/mol. The predicted octanol–water partition coefficient (Wildman–Crippen LogP) is 0.971. The normalized spacial score (nSPS) is 17.7. The number of halogens is 1. The summed E-state index contributed by atoms with van der Waals surface area (Å²) >= 11 is 6.89. The number of amides is 1. The zero-order valence-corrected chi connectivity index (χ0v) is 22.0. The molecule has 1 fully saturated rings. The summed E-state index contributed by atoms with van der Waals surface area (Å²) in [7, 11) is -5.39. The Morgan fingerprint density at radius 1 is 1.34 bits per heavy atom. The number of sulfonamides is 1. The van der Waals surface area contributed by atoms with Gasteiger partial charge in [0.15, 0.2) is 0 Å². The highest BCUT2D eigenvalue weighted by Gasteiger charge is 2.29. The van der Waals surface area contributed by atoms with E-state index in [1.807, 2.05) is 4.90 Å². The highest BCUT2D eigenvalue weighted by atomic mass is 35.5. The third-order valence-corrected chi connectivity index (χ3v) is 8.56. The molecule has 10 nitrogen and oxygen atoms in total. The molecule has 192 valence electrons. The molecule has 0 spiro atoms. The number of hydrogen-bond donors (Lipinski definition) is 3. The molecule has 3 N–H and O–H groups in total. The molecule has 2 aromatic rings. The molecule has 35 heavy (non-hydrogen) atoms. The van der Waals surface area contributed by atoms with E-state index in [9.17, 15) is 27.3 Å². The van der Waals surface area contributed by atoms with Crippen LogP contribution in [0.15, 0.2) is 41.3 Å². The van der Waals surface area contributed by atoms with Crippen LogP contribution in [0, 0.1) is 0 Å². The number of nitrogens with zero attached hydrogens (tertiary/aromatic N) is 1. The van der Waals surface area contributed by atoms with Crippen LogP contribution in [0.5, 0.6) is 0 Å². The van der Waals surface area contributed by atoms with Crippen LogP contribution >= 0.6 is 22.9 Å². The summed E-state index contributed by atoms with van der Waals surface area (Å²) in [5, 5.41) is 12.3. The van der Waals surface area contributed by atoms with Gasteiger partial charge in [0, 0.05) is 42.4 Å². The lowest BCUT2D eigenvalue weighted by Gasteiger charge is -2.20. The maximum atomic E-state index is 13.1. The Kier molecular flexibility index (Phi) is 9.67. The first kappa shape index (κ1) is 27.6. The first-order valence-corrected chi connectivity index (χ1v) is 15.0. The number of aliphatic hydroxyl groups is 1. The van der Waals surface area contributed by atoms with E-state index >= 15 is 0 Å². The number of esters is 1. The standard InChI is InChI=1S/C21H26ClN3O7S3/c1-34(29)10-9-32-21(28)17(12-23-20(27)18-5-6-19(22)33-18)24-35(30,31)16-4-2-3-14(11-16)25-8-7-15(26)13-25/h2-6,11,15,17,24,26H,7-10,12-13H2,1H3,(H,23,27)/t15-,17?,34-/m0/s1. The van der Waals surface area contributed by atoms with Gasteiger partial charge in [0.2, 0.25) is 10.0 Å². The summed E-state index contributed by atoms with van der Waals surface area (Å²) in [6, 6.07) is 7.77. The molecule has 2 heterocycles. The van der Waals surface area contributed by atoms with E-state index in [0.29, 0.717) is 34.4 Å². The lowest BCUT2D eigenvalue weighted by molar-refractivity contribution is -0.144. The Hall–Kier alpha value is -2.03. The van der Waals surface area contributed by atoms with E-state index in [1.165, 1.54) is 24.5 Å². The molecule has 1 aliphatic heterocycles. The molecule has 0 bridgehead atoms. The topological polar surface area (TPSA) is 142 Å². The van der Waals surface area contributed by atoms with Crippen LogP contribution in [0.3, 0.4) is 0 Å². The minimum atomic E-state index is -4.19. The van der Waals surface area contributed by atoms with Gasteiger partial charge in [0.1, 0.15) is 12.6 Å². The maximum absolute atomic E-state index is 13.1. The Morgan fingerprint density at radius 3 is 2.74 bits per heavy atom. The smallest absolute Gasteiger partial charge is 0.326 e. The molecule has 14 heteroatoms. The molecule has 3 atom stereocenters. The number of carbonyl (C=O) groups excluding carboxylic acids is 2. The van der Waals surface area contributed by atoms with Crippen LogP contribution in [-0.4, -0.2) is 80.0 Å². The SMILES string of the molecule is C[S@](=O)CCOC(=O)C(CNC(=O)c1ccc(Cl)s1)NS(=O)(=O)c1cccc(N2CC[C@H](O)C2)c1. The number of aliphatic hydroxyl groups excluding tert-OH is 1. The third-order valence-electron chi connectivity index (χ3n) is 5.12. The van der Waals surface area contributed by atoms with Crippen molar-refractivity contribution in [2.75, 3.05) is 43.1 Å². The Bertz CT molecular complexity index is 1190. The van der Waals surface area contributed by atoms with Gasteiger partial charge in [0.05, 0.1) is 26.0 Å². The molecule has 0 aliphatic carbocycles. The fourth-order valence-corrected chi connectivity index (χ4v) is 5.83. The summed E-state index contributed by atoms with van der Waals surface area (Å²) in [6.45, 7) is 0.440. The van der Waals surface area contributed by atoms with Crippen LogP contribution in [0.4, 0.5) is 5.69 Å². The van der Waals surface area contributed by atoms with Gasteiger partial charge in [-0.15, -0.1) is 11.3 Å². The van der Waals surface area contributed by atoms with Crippen molar-refractivity contribution in [3.63, 3.8) is 0 Å². The van der Waals surface area contributed by atoms with Crippen molar-refractivity contribution in [1.82, 2.24) is 10.0 Å². The van der Waals surface area contributed by atoms with E-state index in [0.717, 1.165) is 11.3 Å². The fraction of sp³-hybridized carbons (Fsp3) is 0.429. The molecule has 1 aromatic carbocycles. The van der Waals surface area contributed by atoms with Crippen LogP contribution < -0.4 is 14.9 Å². The summed E-state index contributed by atoms with van der Waals surface area (Å²) < 4.78 is 45.3. The van der Waals surface area contributed by atoms with Crippen molar-refractivity contribution in [1.29, 1.82) is 0 Å². The average Bonchev–Trinajstić information content (AvgIpc) is 3.44. The van der Waals surface area contributed by atoms with Crippen molar-refractivity contribution < 1.29 is 32.1 Å². The number of benzene rings is 1. The Morgan fingerprint density at radius 2 is 2.11 bits per heavy atom. The van der Waals surface area contributed by atoms with Gasteiger partial charge in [-0.3, -0.25) is 13.8 Å². The average molecular weight is 564 g/mol. The van der Waals surface area contributed by atoms with Crippen molar-refractivity contribution in [2.45, 2.75) is 23.5 Å². The van der Waals surface area contributed by atoms with Gasteiger partial charge in [-0.05, 0) is 36.8 Å². The molecule has 1 saturated heterocycles. The van der Waals surface area contributed by atoms with E-state index in [4.69, 9.17) is 16.3 Å². The summed E-state index contributed by atoms with van der Waals surface area (Å²) in [4.78, 5) is 27.1. The molecule has 1 aromatic heterocycles. The van der Waals surface area contributed by atoms with E-state index in [2.05, 4.69) is 10.0 Å².